The van der Waals surface area contributed by atoms with Crippen LogP contribution in [0.1, 0.15) is 10.5 Å². The van der Waals surface area contributed by atoms with E-state index in [9.17, 15) is 4.79 Å². The molecule has 0 atom stereocenters. The summed E-state index contributed by atoms with van der Waals surface area (Å²) in [6, 6.07) is 5.05. The molecule has 1 aromatic carbocycles. The van der Waals surface area contributed by atoms with Crippen molar-refractivity contribution in [1.29, 1.82) is 0 Å². The quantitative estimate of drug-likeness (QED) is 0.930. The largest absolute Gasteiger partial charge is 0.496 e. The SMILES string of the molecule is COc1ccc(Cl)cc1-c1scnc1C(=O)O. The standard InChI is InChI=1S/C11H8ClNO3S/c1-16-8-3-2-6(12)4-7(8)10-9(11(14)15)13-5-17-10/h2-5H,1H3,(H,14,15). The zero-order chi connectivity index (χ0) is 12.4. The topological polar surface area (TPSA) is 59.4 Å². The molecular formula is C11H8ClNO3S. The van der Waals surface area contributed by atoms with Gasteiger partial charge in [0.1, 0.15) is 5.75 Å². The number of rotatable bonds is 3. The second kappa shape index (κ2) is 4.73. The van der Waals surface area contributed by atoms with Gasteiger partial charge in [0, 0.05) is 10.6 Å². The predicted octanol–water partition coefficient (Wildman–Crippen LogP) is 3.17. The second-order valence-corrected chi connectivity index (χ2v) is 4.47. The smallest absolute Gasteiger partial charge is 0.356 e. The van der Waals surface area contributed by atoms with Crippen molar-refractivity contribution in [3.63, 3.8) is 0 Å². The number of methoxy groups -OCH3 is 1. The number of halogens is 1. The van der Waals surface area contributed by atoms with Gasteiger partial charge < -0.3 is 9.84 Å². The average molecular weight is 270 g/mol. The van der Waals surface area contributed by atoms with Crippen LogP contribution in [0.3, 0.4) is 0 Å². The fourth-order valence-corrected chi connectivity index (χ4v) is 2.42. The zero-order valence-electron chi connectivity index (χ0n) is 8.81. The van der Waals surface area contributed by atoms with Crippen LogP contribution in [0.25, 0.3) is 10.4 Å². The number of carboxylic acid groups (broad SMARTS) is 1. The van der Waals surface area contributed by atoms with Crippen molar-refractivity contribution in [3.05, 3.63) is 34.4 Å². The Bertz CT molecular complexity index is 568. The molecule has 6 heteroatoms. The summed E-state index contributed by atoms with van der Waals surface area (Å²) < 4.78 is 5.19. The summed E-state index contributed by atoms with van der Waals surface area (Å²) in [5.74, 6) is -0.496. The van der Waals surface area contributed by atoms with Gasteiger partial charge in [0.15, 0.2) is 5.69 Å². The van der Waals surface area contributed by atoms with Gasteiger partial charge in [-0.3, -0.25) is 0 Å². The maximum atomic E-state index is 11.0. The third-order valence-corrected chi connectivity index (χ3v) is 3.27. The molecule has 4 nitrogen and oxygen atoms in total. The first-order valence-electron chi connectivity index (χ1n) is 4.64. The first-order valence-corrected chi connectivity index (χ1v) is 5.90. The van der Waals surface area contributed by atoms with Crippen LogP contribution in [0.5, 0.6) is 5.75 Å². The van der Waals surface area contributed by atoms with Gasteiger partial charge in [-0.05, 0) is 18.2 Å². The summed E-state index contributed by atoms with van der Waals surface area (Å²) in [5, 5.41) is 9.54. The van der Waals surface area contributed by atoms with E-state index in [0.29, 0.717) is 21.2 Å². The van der Waals surface area contributed by atoms with E-state index in [1.807, 2.05) is 0 Å². The van der Waals surface area contributed by atoms with Crippen molar-refractivity contribution >= 4 is 28.9 Å². The Balaban J connectivity index is 2.63. The Morgan fingerprint density at radius 2 is 2.29 bits per heavy atom. The highest BCUT2D eigenvalue weighted by Crippen LogP contribution is 2.36. The minimum Gasteiger partial charge on any atom is -0.496 e. The number of benzene rings is 1. The summed E-state index contributed by atoms with van der Waals surface area (Å²) in [4.78, 5) is 15.4. The number of thiazole rings is 1. The van der Waals surface area contributed by atoms with E-state index < -0.39 is 5.97 Å². The molecule has 0 aliphatic rings. The molecule has 0 aliphatic heterocycles. The Morgan fingerprint density at radius 3 is 2.94 bits per heavy atom. The Labute approximate surface area is 106 Å². The number of carboxylic acids is 1. The van der Waals surface area contributed by atoms with Crippen molar-refractivity contribution < 1.29 is 14.6 Å². The molecule has 0 saturated carbocycles. The molecule has 0 fully saturated rings. The Hall–Kier alpha value is -1.59. The molecule has 0 amide bonds. The van der Waals surface area contributed by atoms with Gasteiger partial charge in [0.25, 0.3) is 0 Å². The maximum Gasteiger partial charge on any atom is 0.356 e. The Kier molecular flexibility index (Phi) is 3.31. The zero-order valence-corrected chi connectivity index (χ0v) is 10.4. The summed E-state index contributed by atoms with van der Waals surface area (Å²) in [6.45, 7) is 0. The third kappa shape index (κ3) is 2.25. The van der Waals surface area contributed by atoms with Gasteiger partial charge in [-0.25, -0.2) is 9.78 Å². The van der Waals surface area contributed by atoms with Crippen LogP contribution >= 0.6 is 22.9 Å². The molecule has 2 aromatic rings. The third-order valence-electron chi connectivity index (χ3n) is 2.18. The van der Waals surface area contributed by atoms with Crippen molar-refractivity contribution in [2.75, 3.05) is 7.11 Å². The molecule has 0 spiro atoms. The van der Waals surface area contributed by atoms with Gasteiger partial charge in [-0.15, -0.1) is 11.3 Å². The molecule has 0 bridgehead atoms. The van der Waals surface area contributed by atoms with E-state index >= 15 is 0 Å². The van der Waals surface area contributed by atoms with E-state index in [2.05, 4.69) is 4.98 Å². The number of ether oxygens (including phenoxy) is 1. The number of hydrogen-bond donors (Lipinski definition) is 1. The first kappa shape index (κ1) is 11.9. The van der Waals surface area contributed by atoms with Gasteiger partial charge in [0.05, 0.1) is 17.5 Å². The highest BCUT2D eigenvalue weighted by atomic mass is 35.5. The molecule has 17 heavy (non-hydrogen) atoms. The summed E-state index contributed by atoms with van der Waals surface area (Å²) >= 11 is 7.14. The van der Waals surface area contributed by atoms with Gasteiger partial charge in [-0.2, -0.15) is 0 Å². The van der Waals surface area contributed by atoms with Gasteiger partial charge in [0.2, 0.25) is 0 Å². The van der Waals surface area contributed by atoms with E-state index in [1.165, 1.54) is 24.0 Å². The monoisotopic (exact) mass is 269 g/mol. The van der Waals surface area contributed by atoms with Gasteiger partial charge in [-0.1, -0.05) is 11.6 Å². The lowest BCUT2D eigenvalue weighted by atomic mass is 10.1. The normalized spacial score (nSPS) is 10.2. The molecule has 0 aliphatic carbocycles. The van der Waals surface area contributed by atoms with E-state index in [1.54, 1.807) is 18.2 Å². The first-order chi connectivity index (χ1) is 8.13. The minimum atomic E-state index is -1.07. The number of aromatic nitrogens is 1. The molecule has 1 heterocycles. The van der Waals surface area contributed by atoms with Crippen LogP contribution in [0.2, 0.25) is 5.02 Å². The van der Waals surface area contributed by atoms with Crippen LogP contribution in [0, 0.1) is 0 Å². The molecule has 1 aromatic heterocycles. The number of hydrogen-bond acceptors (Lipinski definition) is 4. The van der Waals surface area contributed by atoms with E-state index in [4.69, 9.17) is 21.4 Å². The van der Waals surface area contributed by atoms with Crippen LogP contribution in [-0.2, 0) is 0 Å². The molecule has 2 rings (SSSR count). The van der Waals surface area contributed by atoms with Crippen LogP contribution in [0.4, 0.5) is 0 Å². The van der Waals surface area contributed by atoms with Crippen molar-refractivity contribution in [2.45, 2.75) is 0 Å². The minimum absolute atomic E-state index is 0.00978. The molecule has 1 N–H and O–H groups in total. The molecule has 0 radical (unpaired) electrons. The summed E-state index contributed by atoms with van der Waals surface area (Å²) in [6.07, 6.45) is 0. The Morgan fingerprint density at radius 1 is 1.53 bits per heavy atom. The fraction of sp³-hybridized carbons (Fsp3) is 0.0909. The fourth-order valence-electron chi connectivity index (χ4n) is 1.45. The number of nitrogens with zero attached hydrogens (tertiary/aromatic N) is 1. The van der Waals surface area contributed by atoms with Crippen LogP contribution in [-0.4, -0.2) is 23.2 Å². The van der Waals surface area contributed by atoms with Crippen molar-refractivity contribution in [2.24, 2.45) is 0 Å². The second-order valence-electron chi connectivity index (χ2n) is 3.18. The lowest BCUT2D eigenvalue weighted by Crippen LogP contribution is -1.99. The lowest BCUT2D eigenvalue weighted by molar-refractivity contribution is 0.0692. The van der Waals surface area contributed by atoms with E-state index in [-0.39, 0.29) is 5.69 Å². The molecule has 88 valence electrons. The molecular weight excluding hydrogens is 262 g/mol. The van der Waals surface area contributed by atoms with E-state index in [0.717, 1.165) is 0 Å². The van der Waals surface area contributed by atoms with Crippen molar-refractivity contribution in [1.82, 2.24) is 4.98 Å². The summed E-state index contributed by atoms with van der Waals surface area (Å²) in [7, 11) is 1.52. The molecule has 0 unspecified atom stereocenters. The van der Waals surface area contributed by atoms with Gasteiger partial charge >= 0.3 is 5.97 Å². The van der Waals surface area contributed by atoms with Crippen LogP contribution in [0.15, 0.2) is 23.7 Å². The van der Waals surface area contributed by atoms with Crippen molar-refractivity contribution in [3.8, 4) is 16.2 Å². The maximum absolute atomic E-state index is 11.0. The average Bonchev–Trinajstić information content (AvgIpc) is 2.77. The molecule has 0 saturated heterocycles. The van der Waals surface area contributed by atoms with Crippen LogP contribution < -0.4 is 4.74 Å². The summed E-state index contributed by atoms with van der Waals surface area (Å²) in [5.41, 5.74) is 2.13. The lowest BCUT2D eigenvalue weighted by Gasteiger charge is -2.07. The predicted molar refractivity (Wildman–Crippen MR) is 66.1 cm³/mol. The number of carbonyl (C=O) groups is 1. The highest BCUT2D eigenvalue weighted by molar-refractivity contribution is 7.13. The highest BCUT2D eigenvalue weighted by Gasteiger charge is 2.18. The number of aromatic carboxylic acids is 1.